The van der Waals surface area contributed by atoms with Crippen molar-refractivity contribution in [3.8, 4) is 5.75 Å². The molecule has 0 radical (unpaired) electrons. The number of ether oxygens (including phenoxy) is 1. The summed E-state index contributed by atoms with van der Waals surface area (Å²) in [4.78, 5) is 10.1. The summed E-state index contributed by atoms with van der Waals surface area (Å²) in [5.74, 6) is 2.33. The monoisotopic (exact) mass is 374 g/mol. The van der Waals surface area contributed by atoms with E-state index in [1.807, 2.05) is 25.1 Å². The van der Waals surface area contributed by atoms with Gasteiger partial charge in [0.05, 0.1) is 18.8 Å². The zero-order valence-electron chi connectivity index (χ0n) is 16.4. The van der Waals surface area contributed by atoms with Crippen LogP contribution in [0.3, 0.4) is 0 Å². The molecule has 0 aliphatic carbocycles. The molecule has 0 spiro atoms. The lowest BCUT2D eigenvalue weighted by Crippen LogP contribution is -2.36. The van der Waals surface area contributed by atoms with Gasteiger partial charge in [0.1, 0.15) is 10.8 Å². The molecule has 0 atom stereocenters. The number of thiazole rings is 1. The van der Waals surface area contributed by atoms with Crippen molar-refractivity contribution in [2.75, 3.05) is 13.7 Å². The van der Waals surface area contributed by atoms with Gasteiger partial charge in [0.2, 0.25) is 0 Å². The summed E-state index contributed by atoms with van der Waals surface area (Å²) >= 11 is 1.72. The molecule has 1 aromatic carbocycles. The molecule has 0 saturated heterocycles. The lowest BCUT2D eigenvalue weighted by atomic mass is 10.1. The minimum atomic E-state index is 0.640. The second-order valence-electron chi connectivity index (χ2n) is 6.67. The quantitative estimate of drug-likeness (QED) is 0.541. The van der Waals surface area contributed by atoms with Crippen LogP contribution in [0.1, 0.15) is 41.4 Å². The summed E-state index contributed by atoms with van der Waals surface area (Å²) in [6.07, 6.45) is 1.05. The Bertz CT molecular complexity index is 705. The number of aryl methyl sites for hydroxylation is 2. The Hall–Kier alpha value is -2.08. The first-order valence-electron chi connectivity index (χ1n) is 9.07. The number of hydrogen-bond acceptors (Lipinski definition) is 4. The van der Waals surface area contributed by atoms with Crippen molar-refractivity contribution in [1.29, 1.82) is 0 Å². The highest BCUT2D eigenvalue weighted by atomic mass is 32.1. The second-order valence-corrected chi connectivity index (χ2v) is 7.95. The Morgan fingerprint density at radius 1 is 1.19 bits per heavy atom. The number of nitrogens with zero attached hydrogens (tertiary/aromatic N) is 2. The summed E-state index contributed by atoms with van der Waals surface area (Å²) in [5.41, 5.74) is 2.22. The van der Waals surface area contributed by atoms with Crippen molar-refractivity contribution >= 4 is 17.3 Å². The molecule has 142 valence electrons. The van der Waals surface area contributed by atoms with Crippen LogP contribution in [0.5, 0.6) is 5.75 Å². The minimum absolute atomic E-state index is 0.640. The second kappa shape index (κ2) is 10.2. The van der Waals surface area contributed by atoms with Crippen LogP contribution >= 0.6 is 11.3 Å². The average Bonchev–Trinajstić information content (AvgIpc) is 2.94. The molecule has 2 aromatic rings. The number of guanidine groups is 1. The normalized spacial score (nSPS) is 11.7. The number of para-hydroxylation sites is 1. The van der Waals surface area contributed by atoms with E-state index in [0.29, 0.717) is 19.0 Å². The standard InChI is InChI=1S/C20H30N4OS/c1-14(2)10-11-25-18-9-7-6-8-17(18)12-22-20(21-5)23-13-19-24-15(3)16(4)26-19/h6-9,14H,10-13H2,1-5H3,(H2,21,22,23). The lowest BCUT2D eigenvalue weighted by Gasteiger charge is -2.15. The zero-order valence-corrected chi connectivity index (χ0v) is 17.2. The molecule has 0 amide bonds. The van der Waals surface area contributed by atoms with Crippen molar-refractivity contribution in [2.24, 2.45) is 10.9 Å². The molecule has 2 rings (SSSR count). The fourth-order valence-electron chi connectivity index (χ4n) is 2.37. The first-order valence-corrected chi connectivity index (χ1v) is 9.89. The highest BCUT2D eigenvalue weighted by Crippen LogP contribution is 2.19. The van der Waals surface area contributed by atoms with Crippen LogP contribution < -0.4 is 15.4 Å². The lowest BCUT2D eigenvalue weighted by molar-refractivity contribution is 0.286. The van der Waals surface area contributed by atoms with Crippen LogP contribution in [-0.4, -0.2) is 24.6 Å². The molecule has 2 N–H and O–H groups in total. The van der Waals surface area contributed by atoms with Gasteiger partial charge >= 0.3 is 0 Å². The molecule has 5 nitrogen and oxygen atoms in total. The molecule has 0 saturated carbocycles. The maximum absolute atomic E-state index is 5.95. The van der Waals surface area contributed by atoms with Crippen LogP contribution in [0.4, 0.5) is 0 Å². The van der Waals surface area contributed by atoms with Crippen LogP contribution in [-0.2, 0) is 13.1 Å². The topological polar surface area (TPSA) is 58.5 Å². The van der Waals surface area contributed by atoms with Crippen molar-refractivity contribution < 1.29 is 4.74 Å². The van der Waals surface area contributed by atoms with E-state index < -0.39 is 0 Å². The fourth-order valence-corrected chi connectivity index (χ4v) is 3.24. The van der Waals surface area contributed by atoms with Crippen LogP contribution in [0.15, 0.2) is 29.3 Å². The fraction of sp³-hybridized carbons (Fsp3) is 0.500. The summed E-state index contributed by atoms with van der Waals surface area (Å²) in [7, 11) is 1.78. The van der Waals surface area contributed by atoms with Crippen molar-refractivity contribution in [2.45, 2.75) is 47.2 Å². The highest BCUT2D eigenvalue weighted by molar-refractivity contribution is 7.11. The third-order valence-corrected chi connectivity index (χ3v) is 5.15. The maximum Gasteiger partial charge on any atom is 0.191 e. The number of hydrogen-bond donors (Lipinski definition) is 2. The van der Waals surface area contributed by atoms with E-state index >= 15 is 0 Å². The molecule has 0 bridgehead atoms. The molecule has 0 unspecified atom stereocenters. The Labute approximate surface area is 160 Å². The van der Waals surface area contributed by atoms with Gasteiger partial charge in [-0.15, -0.1) is 11.3 Å². The Morgan fingerprint density at radius 3 is 2.58 bits per heavy atom. The zero-order chi connectivity index (χ0) is 18.9. The molecule has 0 aliphatic rings. The predicted octanol–water partition coefficient (Wildman–Crippen LogP) is 4.05. The first kappa shape index (κ1) is 20.2. The summed E-state index contributed by atoms with van der Waals surface area (Å²) in [6.45, 7) is 10.6. The average molecular weight is 375 g/mol. The SMILES string of the molecule is CN=C(NCc1nc(C)c(C)s1)NCc1ccccc1OCCC(C)C. The van der Waals surface area contributed by atoms with E-state index in [4.69, 9.17) is 4.74 Å². The van der Waals surface area contributed by atoms with E-state index in [-0.39, 0.29) is 0 Å². The molecular formula is C20H30N4OS. The maximum atomic E-state index is 5.95. The molecule has 6 heteroatoms. The van der Waals surface area contributed by atoms with Crippen LogP contribution in [0, 0.1) is 19.8 Å². The van der Waals surface area contributed by atoms with E-state index in [9.17, 15) is 0 Å². The Balaban J connectivity index is 1.87. The van der Waals surface area contributed by atoms with Gasteiger partial charge in [-0.3, -0.25) is 4.99 Å². The van der Waals surface area contributed by atoms with E-state index in [0.717, 1.165) is 41.0 Å². The third-order valence-electron chi connectivity index (χ3n) is 4.08. The van der Waals surface area contributed by atoms with Crippen molar-refractivity contribution in [1.82, 2.24) is 15.6 Å². The third kappa shape index (κ3) is 6.33. The largest absolute Gasteiger partial charge is 0.493 e. The number of nitrogens with one attached hydrogen (secondary N) is 2. The molecule has 0 aliphatic heterocycles. The molecule has 1 aromatic heterocycles. The number of rotatable bonds is 8. The molecule has 0 fully saturated rings. The van der Waals surface area contributed by atoms with Crippen molar-refractivity contribution in [3.63, 3.8) is 0 Å². The Kier molecular flexibility index (Phi) is 7.91. The van der Waals surface area contributed by atoms with Crippen LogP contribution in [0.2, 0.25) is 0 Å². The van der Waals surface area contributed by atoms with Gasteiger partial charge in [0.15, 0.2) is 5.96 Å². The minimum Gasteiger partial charge on any atom is -0.493 e. The summed E-state index contributed by atoms with van der Waals surface area (Å²) in [6, 6.07) is 8.14. The van der Waals surface area contributed by atoms with Gasteiger partial charge in [-0.2, -0.15) is 0 Å². The Morgan fingerprint density at radius 2 is 1.92 bits per heavy atom. The van der Waals surface area contributed by atoms with Gasteiger partial charge in [-0.25, -0.2) is 4.98 Å². The van der Waals surface area contributed by atoms with Gasteiger partial charge in [0.25, 0.3) is 0 Å². The molecular weight excluding hydrogens is 344 g/mol. The van der Waals surface area contributed by atoms with Crippen molar-refractivity contribution in [3.05, 3.63) is 45.4 Å². The number of aliphatic imine (C=N–C) groups is 1. The number of benzene rings is 1. The van der Waals surface area contributed by atoms with Gasteiger partial charge in [0, 0.05) is 24.0 Å². The predicted molar refractivity (Wildman–Crippen MR) is 110 cm³/mol. The highest BCUT2D eigenvalue weighted by Gasteiger charge is 2.07. The molecule has 26 heavy (non-hydrogen) atoms. The van der Waals surface area contributed by atoms with Gasteiger partial charge < -0.3 is 15.4 Å². The summed E-state index contributed by atoms with van der Waals surface area (Å²) in [5, 5.41) is 7.74. The van der Waals surface area contributed by atoms with Gasteiger partial charge in [-0.1, -0.05) is 32.0 Å². The molecule has 1 heterocycles. The number of aromatic nitrogens is 1. The first-order chi connectivity index (χ1) is 12.5. The van der Waals surface area contributed by atoms with E-state index in [1.165, 1.54) is 4.88 Å². The van der Waals surface area contributed by atoms with E-state index in [2.05, 4.69) is 47.4 Å². The van der Waals surface area contributed by atoms with Gasteiger partial charge in [-0.05, 0) is 32.3 Å². The van der Waals surface area contributed by atoms with E-state index in [1.54, 1.807) is 18.4 Å². The summed E-state index contributed by atoms with van der Waals surface area (Å²) < 4.78 is 5.95. The smallest absolute Gasteiger partial charge is 0.191 e. The van der Waals surface area contributed by atoms with Crippen LogP contribution in [0.25, 0.3) is 0 Å².